The average Bonchev–Trinajstić information content (AvgIpc) is 3.48. The largest absolute Gasteiger partial charge is 0.372 e. The van der Waals surface area contributed by atoms with Crippen molar-refractivity contribution in [1.29, 1.82) is 0 Å². The number of carbonyl (C=O) groups excluding carboxylic acids is 2. The van der Waals surface area contributed by atoms with Crippen LogP contribution in [0.1, 0.15) is 19.8 Å². The van der Waals surface area contributed by atoms with Gasteiger partial charge in [-0.1, -0.05) is 30.4 Å². The zero-order chi connectivity index (χ0) is 21.8. The number of allylic oxidation sites excluding steroid dienone is 2. The molecule has 32 heavy (non-hydrogen) atoms. The molecule has 4 rings (SSSR count). The van der Waals surface area contributed by atoms with Gasteiger partial charge in [-0.2, -0.15) is 0 Å². The lowest BCUT2D eigenvalue weighted by Crippen LogP contribution is -2.44. The van der Waals surface area contributed by atoms with E-state index in [2.05, 4.69) is 63.9 Å². The summed E-state index contributed by atoms with van der Waals surface area (Å²) in [5, 5.41) is 6.56. The van der Waals surface area contributed by atoms with Gasteiger partial charge in [0.25, 0.3) is 0 Å². The molecule has 0 aromatic heterocycles. The summed E-state index contributed by atoms with van der Waals surface area (Å²) in [7, 11) is 1.73. The van der Waals surface area contributed by atoms with Gasteiger partial charge in [0.15, 0.2) is 5.96 Å². The molecule has 2 fully saturated rings. The van der Waals surface area contributed by atoms with E-state index in [1.165, 1.54) is 10.6 Å². The Morgan fingerprint density at radius 3 is 2.28 bits per heavy atom. The lowest BCUT2D eigenvalue weighted by atomic mass is 9.85. The first-order valence-corrected chi connectivity index (χ1v) is 11.4. The van der Waals surface area contributed by atoms with Gasteiger partial charge in [-0.25, -0.2) is 0 Å². The van der Waals surface area contributed by atoms with Crippen LogP contribution in [0.3, 0.4) is 0 Å². The molecule has 4 unspecified atom stereocenters. The molecule has 1 saturated carbocycles. The highest BCUT2D eigenvalue weighted by Gasteiger charge is 2.58. The van der Waals surface area contributed by atoms with Gasteiger partial charge in [0.05, 0.1) is 11.8 Å². The zero-order valence-electron chi connectivity index (χ0n) is 18.9. The number of rotatable bonds is 9. The number of nitrogens with zero attached hydrogens (tertiary/aromatic N) is 3. The lowest BCUT2D eigenvalue weighted by Gasteiger charge is -2.23. The molecule has 1 aromatic rings. The molecule has 1 saturated heterocycles. The third-order valence-corrected chi connectivity index (χ3v) is 6.81. The minimum Gasteiger partial charge on any atom is -0.372 e. The number of likely N-dealkylation sites (tertiary alicyclic amines) is 1. The molecule has 1 aromatic carbocycles. The summed E-state index contributed by atoms with van der Waals surface area (Å²) in [6.07, 6.45) is 6.20. The number of amides is 2. The Labute approximate surface area is 207 Å². The number of hydrogen-bond donors (Lipinski definition) is 2. The van der Waals surface area contributed by atoms with Crippen molar-refractivity contribution < 1.29 is 9.59 Å². The number of nitrogens with one attached hydrogen (secondary N) is 2. The number of guanidine groups is 1. The van der Waals surface area contributed by atoms with Crippen LogP contribution in [-0.4, -0.2) is 62.4 Å². The molecule has 174 valence electrons. The van der Waals surface area contributed by atoms with Crippen molar-refractivity contribution in [2.24, 2.45) is 28.7 Å². The number of carbonyl (C=O) groups is 2. The maximum absolute atomic E-state index is 12.7. The molecule has 2 aliphatic carbocycles. The molecule has 8 heteroatoms. The Morgan fingerprint density at radius 2 is 1.69 bits per heavy atom. The van der Waals surface area contributed by atoms with E-state index in [1.54, 1.807) is 7.05 Å². The second kappa shape index (κ2) is 11.2. The van der Waals surface area contributed by atoms with E-state index in [-0.39, 0.29) is 59.5 Å². The number of aliphatic imine (C=N–C) groups is 1. The van der Waals surface area contributed by atoms with Gasteiger partial charge >= 0.3 is 0 Å². The fraction of sp³-hybridized carbons (Fsp3) is 0.542. The van der Waals surface area contributed by atoms with E-state index in [0.717, 1.165) is 32.5 Å². The molecular formula is C24H34IN5O2. The van der Waals surface area contributed by atoms with Crippen LogP contribution in [0.15, 0.2) is 47.5 Å². The molecule has 0 spiro atoms. The molecule has 3 aliphatic rings. The Bertz CT molecular complexity index is 829. The van der Waals surface area contributed by atoms with Crippen LogP contribution in [0, 0.1) is 23.7 Å². The van der Waals surface area contributed by atoms with Gasteiger partial charge in [0, 0.05) is 45.5 Å². The molecule has 1 aliphatic heterocycles. The number of fused-ring (bicyclic) bond motifs is 5. The highest BCUT2D eigenvalue weighted by molar-refractivity contribution is 14.0. The third-order valence-electron chi connectivity index (χ3n) is 6.81. The molecule has 4 atom stereocenters. The monoisotopic (exact) mass is 551 g/mol. The quantitative estimate of drug-likeness (QED) is 0.123. The van der Waals surface area contributed by atoms with Crippen molar-refractivity contribution >= 4 is 47.4 Å². The fourth-order valence-electron chi connectivity index (χ4n) is 5.28. The summed E-state index contributed by atoms with van der Waals surface area (Å²) in [4.78, 5) is 33.6. The average molecular weight is 551 g/mol. The second-order valence-electron chi connectivity index (χ2n) is 8.52. The highest BCUT2D eigenvalue weighted by Crippen LogP contribution is 2.52. The predicted octanol–water partition coefficient (Wildman–Crippen LogP) is 2.49. The van der Waals surface area contributed by atoms with E-state index in [4.69, 9.17) is 0 Å². The van der Waals surface area contributed by atoms with Gasteiger partial charge < -0.3 is 15.5 Å². The predicted molar refractivity (Wildman–Crippen MR) is 138 cm³/mol. The smallest absolute Gasteiger partial charge is 0.233 e. The molecule has 2 amide bonds. The standard InChI is InChI=1S/C24H33N5O2.HI/c1-3-28(19-8-5-4-6-9-19)14-7-12-26-24(25-2)27-13-15-29-22(30)20-17-10-11-18(16-17)21(20)23(29)31;/h4-6,8-11,17-18,20-21H,3,7,12-16H2,1-2H3,(H2,25,26,27);1H. The van der Waals surface area contributed by atoms with Crippen LogP contribution in [-0.2, 0) is 9.59 Å². The van der Waals surface area contributed by atoms with Crippen LogP contribution in [0.2, 0.25) is 0 Å². The van der Waals surface area contributed by atoms with Crippen molar-refractivity contribution in [3.8, 4) is 0 Å². The molecule has 7 nitrogen and oxygen atoms in total. The van der Waals surface area contributed by atoms with Crippen LogP contribution in [0.5, 0.6) is 0 Å². The Balaban J connectivity index is 0.00000289. The summed E-state index contributed by atoms with van der Waals surface area (Å²) in [6, 6.07) is 10.4. The molecule has 1 heterocycles. The first kappa shape index (κ1) is 24.5. The van der Waals surface area contributed by atoms with E-state index in [9.17, 15) is 9.59 Å². The van der Waals surface area contributed by atoms with Crippen LogP contribution in [0.4, 0.5) is 5.69 Å². The number of anilines is 1. The second-order valence-corrected chi connectivity index (χ2v) is 8.52. The number of hydrogen-bond acceptors (Lipinski definition) is 4. The van der Waals surface area contributed by atoms with E-state index in [0.29, 0.717) is 19.0 Å². The molecule has 2 bridgehead atoms. The van der Waals surface area contributed by atoms with E-state index < -0.39 is 0 Å². The van der Waals surface area contributed by atoms with Crippen LogP contribution < -0.4 is 15.5 Å². The maximum Gasteiger partial charge on any atom is 0.233 e. The maximum atomic E-state index is 12.7. The summed E-state index contributed by atoms with van der Waals surface area (Å²) in [5.41, 5.74) is 1.24. The Hall–Kier alpha value is -2.10. The van der Waals surface area contributed by atoms with Crippen LogP contribution >= 0.6 is 24.0 Å². The van der Waals surface area contributed by atoms with E-state index in [1.807, 2.05) is 6.07 Å². The van der Waals surface area contributed by atoms with Gasteiger partial charge in [0.2, 0.25) is 11.8 Å². The molecule has 2 N–H and O–H groups in total. The summed E-state index contributed by atoms with van der Waals surface area (Å²) < 4.78 is 0. The van der Waals surface area contributed by atoms with Crippen molar-refractivity contribution in [3.63, 3.8) is 0 Å². The summed E-state index contributed by atoms with van der Waals surface area (Å²) >= 11 is 0. The molecule has 0 radical (unpaired) electrons. The molecular weight excluding hydrogens is 517 g/mol. The summed E-state index contributed by atoms with van der Waals surface area (Å²) in [6.45, 7) is 5.78. The number of imide groups is 1. The first-order valence-electron chi connectivity index (χ1n) is 11.4. The fourth-order valence-corrected chi connectivity index (χ4v) is 5.28. The van der Waals surface area contributed by atoms with Gasteiger partial charge in [-0.3, -0.25) is 19.5 Å². The van der Waals surface area contributed by atoms with Gasteiger partial charge in [-0.15, -0.1) is 24.0 Å². The van der Waals surface area contributed by atoms with Crippen molar-refractivity contribution in [2.75, 3.05) is 44.7 Å². The first-order chi connectivity index (χ1) is 15.1. The zero-order valence-corrected chi connectivity index (χ0v) is 21.2. The van der Waals surface area contributed by atoms with Crippen molar-refractivity contribution in [2.45, 2.75) is 19.8 Å². The SMILES string of the molecule is CCN(CCCNC(=NC)NCCN1C(=O)C2C3C=CC(C3)C2C1=O)c1ccccc1.I. The minimum absolute atomic E-state index is 0. The topological polar surface area (TPSA) is 77.0 Å². The lowest BCUT2D eigenvalue weighted by molar-refractivity contribution is -0.140. The minimum atomic E-state index is -0.119. The van der Waals surface area contributed by atoms with Crippen molar-refractivity contribution in [3.05, 3.63) is 42.5 Å². The number of benzene rings is 1. The number of para-hydroxylation sites is 1. The summed E-state index contributed by atoms with van der Waals surface area (Å²) in [5.74, 6) is 1.00. The van der Waals surface area contributed by atoms with Gasteiger partial charge in [0.1, 0.15) is 0 Å². The van der Waals surface area contributed by atoms with Crippen molar-refractivity contribution in [1.82, 2.24) is 15.5 Å². The van der Waals surface area contributed by atoms with Gasteiger partial charge in [-0.05, 0) is 43.7 Å². The Kier molecular flexibility index (Phi) is 8.56. The Morgan fingerprint density at radius 1 is 1.06 bits per heavy atom. The number of halogens is 1. The van der Waals surface area contributed by atoms with E-state index >= 15 is 0 Å². The highest BCUT2D eigenvalue weighted by atomic mass is 127. The third kappa shape index (κ3) is 4.94. The normalized spacial score (nSPS) is 25.7. The van der Waals surface area contributed by atoms with Crippen LogP contribution in [0.25, 0.3) is 0 Å².